The molecule has 0 fully saturated rings. The lowest BCUT2D eigenvalue weighted by Gasteiger charge is -2.10. The van der Waals surface area contributed by atoms with E-state index >= 15 is 0 Å². The Bertz CT molecular complexity index is 536. The third kappa shape index (κ3) is 3.84. The Hall–Kier alpha value is -0.300. The summed E-state index contributed by atoms with van der Waals surface area (Å²) in [6.45, 7) is 5.20. The van der Waals surface area contributed by atoms with E-state index in [1.54, 1.807) is 11.3 Å². The van der Waals surface area contributed by atoms with Crippen molar-refractivity contribution < 1.29 is 0 Å². The van der Waals surface area contributed by atoms with Crippen molar-refractivity contribution in [1.82, 2.24) is 15.5 Å². The lowest BCUT2D eigenvalue weighted by Crippen LogP contribution is -2.19. The van der Waals surface area contributed by atoms with Gasteiger partial charge in [-0.15, -0.1) is 10.2 Å². The van der Waals surface area contributed by atoms with Gasteiger partial charge in [0.15, 0.2) is 0 Å². The van der Waals surface area contributed by atoms with Gasteiger partial charge in [-0.2, -0.15) is 0 Å². The Labute approximate surface area is 134 Å². The van der Waals surface area contributed by atoms with Crippen molar-refractivity contribution in [3.05, 3.63) is 32.2 Å². The fraction of sp³-hybridized carbons (Fsp3) is 0.385. The summed E-state index contributed by atoms with van der Waals surface area (Å²) in [5.41, 5.74) is 1.08. The lowest BCUT2D eigenvalue weighted by molar-refractivity contribution is 0.531. The molecule has 0 saturated heterocycles. The van der Waals surface area contributed by atoms with Gasteiger partial charge in [0.1, 0.15) is 10.0 Å². The number of hydrogen-bond acceptors (Lipinski definition) is 4. The summed E-state index contributed by atoms with van der Waals surface area (Å²) in [6.07, 6.45) is 1.02. The van der Waals surface area contributed by atoms with Gasteiger partial charge in [0.05, 0.1) is 6.04 Å². The predicted octanol–water partition coefficient (Wildman–Crippen LogP) is 4.79. The summed E-state index contributed by atoms with van der Waals surface area (Å²) in [4.78, 5) is 0. The maximum absolute atomic E-state index is 4.32. The van der Waals surface area contributed by atoms with E-state index < -0.39 is 0 Å². The Kier molecular flexibility index (Phi) is 5.50. The topological polar surface area (TPSA) is 37.8 Å². The molecule has 0 aliphatic carbocycles. The van der Waals surface area contributed by atoms with Gasteiger partial charge in [-0.3, -0.25) is 0 Å². The van der Waals surface area contributed by atoms with Gasteiger partial charge in [-0.25, -0.2) is 0 Å². The Morgan fingerprint density at radius 1 is 1.16 bits per heavy atom. The molecule has 6 heteroatoms. The number of rotatable bonds is 5. The number of nitrogens with zero attached hydrogens (tertiary/aromatic N) is 2. The summed E-state index contributed by atoms with van der Waals surface area (Å²) < 4.78 is 2.07. The van der Waals surface area contributed by atoms with Crippen LogP contribution in [0, 0.1) is 0 Å². The van der Waals surface area contributed by atoms with E-state index in [4.69, 9.17) is 0 Å². The molecule has 1 N–H and O–H groups in total. The molecule has 1 heterocycles. The minimum atomic E-state index is 0.298. The summed E-state index contributed by atoms with van der Waals surface area (Å²) in [5.74, 6) is 0. The molecular weight excluding hydrogens is 390 g/mol. The van der Waals surface area contributed by atoms with Gasteiger partial charge < -0.3 is 5.32 Å². The van der Waals surface area contributed by atoms with Crippen LogP contribution in [0.2, 0.25) is 0 Å². The van der Waals surface area contributed by atoms with Crippen LogP contribution in [0.5, 0.6) is 0 Å². The van der Waals surface area contributed by atoms with Crippen molar-refractivity contribution in [2.24, 2.45) is 0 Å². The monoisotopic (exact) mass is 403 g/mol. The van der Waals surface area contributed by atoms with Crippen molar-refractivity contribution in [3.8, 4) is 10.6 Å². The Balaban J connectivity index is 2.29. The second kappa shape index (κ2) is 6.92. The maximum atomic E-state index is 4.32. The molecule has 1 aromatic carbocycles. The van der Waals surface area contributed by atoms with Crippen molar-refractivity contribution >= 4 is 43.2 Å². The molecule has 0 bridgehead atoms. The van der Waals surface area contributed by atoms with Crippen LogP contribution >= 0.6 is 43.2 Å². The van der Waals surface area contributed by atoms with E-state index in [2.05, 4.69) is 73.4 Å². The first-order valence-corrected chi connectivity index (χ1v) is 8.57. The van der Waals surface area contributed by atoms with Crippen LogP contribution < -0.4 is 5.32 Å². The van der Waals surface area contributed by atoms with Crippen molar-refractivity contribution in [2.75, 3.05) is 6.54 Å². The first-order valence-electron chi connectivity index (χ1n) is 6.17. The zero-order valence-electron chi connectivity index (χ0n) is 10.8. The molecule has 102 valence electrons. The van der Waals surface area contributed by atoms with E-state index in [0.717, 1.165) is 37.5 Å². The highest BCUT2D eigenvalue weighted by Gasteiger charge is 2.15. The fourth-order valence-electron chi connectivity index (χ4n) is 1.82. The van der Waals surface area contributed by atoms with Gasteiger partial charge in [0.2, 0.25) is 0 Å². The van der Waals surface area contributed by atoms with Crippen LogP contribution in [-0.2, 0) is 0 Å². The first-order chi connectivity index (χ1) is 9.13. The molecule has 0 amide bonds. The third-order valence-corrected chi connectivity index (χ3v) is 4.71. The second-order valence-corrected chi connectivity index (χ2v) is 6.96. The van der Waals surface area contributed by atoms with Gasteiger partial charge in [-0.1, -0.05) is 57.0 Å². The average Bonchev–Trinajstić information content (AvgIpc) is 2.84. The fourth-order valence-corrected chi connectivity index (χ4v) is 4.11. The molecule has 2 rings (SSSR count). The molecule has 1 atom stereocenters. The van der Waals surface area contributed by atoms with Crippen LogP contribution in [0.4, 0.5) is 0 Å². The predicted molar refractivity (Wildman–Crippen MR) is 87.5 cm³/mol. The molecule has 0 spiro atoms. The number of aromatic nitrogens is 2. The van der Waals surface area contributed by atoms with E-state index in [1.807, 2.05) is 6.07 Å². The lowest BCUT2D eigenvalue weighted by atomic mass is 10.2. The minimum absolute atomic E-state index is 0.298. The molecule has 0 aliphatic heterocycles. The smallest absolute Gasteiger partial charge is 0.147 e. The maximum Gasteiger partial charge on any atom is 0.147 e. The van der Waals surface area contributed by atoms with E-state index in [9.17, 15) is 0 Å². The standard InChI is InChI=1S/C13H15Br2N3S/c1-3-11(16-4-2)13-18-17-12(19-13)8-5-9(14)7-10(15)6-8/h5-7,11,16H,3-4H2,1-2H3. The highest BCUT2D eigenvalue weighted by atomic mass is 79.9. The quantitative estimate of drug-likeness (QED) is 0.778. The van der Waals surface area contributed by atoms with Crippen LogP contribution in [0.1, 0.15) is 31.3 Å². The highest BCUT2D eigenvalue weighted by molar-refractivity contribution is 9.11. The van der Waals surface area contributed by atoms with Crippen LogP contribution in [0.3, 0.4) is 0 Å². The molecule has 0 aliphatic rings. The van der Waals surface area contributed by atoms with E-state index in [-0.39, 0.29) is 0 Å². The van der Waals surface area contributed by atoms with Gasteiger partial charge in [0, 0.05) is 14.5 Å². The molecule has 2 aromatic rings. The number of halogens is 2. The molecule has 19 heavy (non-hydrogen) atoms. The molecular formula is C13H15Br2N3S. The largest absolute Gasteiger partial charge is 0.308 e. The second-order valence-electron chi connectivity index (χ2n) is 4.12. The van der Waals surface area contributed by atoms with Gasteiger partial charge >= 0.3 is 0 Å². The summed E-state index contributed by atoms with van der Waals surface area (Å²) in [6, 6.07) is 6.43. The highest BCUT2D eigenvalue weighted by Crippen LogP contribution is 2.31. The van der Waals surface area contributed by atoms with Crippen molar-refractivity contribution in [2.45, 2.75) is 26.3 Å². The SMILES string of the molecule is CCNC(CC)c1nnc(-c2cc(Br)cc(Br)c2)s1. The van der Waals surface area contributed by atoms with Crippen LogP contribution in [0.15, 0.2) is 27.1 Å². The van der Waals surface area contributed by atoms with Gasteiger partial charge in [-0.05, 0) is 31.2 Å². The molecule has 3 nitrogen and oxygen atoms in total. The van der Waals surface area contributed by atoms with Gasteiger partial charge in [0.25, 0.3) is 0 Å². The molecule has 1 aromatic heterocycles. The number of nitrogens with one attached hydrogen (secondary N) is 1. The van der Waals surface area contributed by atoms with E-state index in [1.165, 1.54) is 0 Å². The Morgan fingerprint density at radius 2 is 1.84 bits per heavy atom. The summed E-state index contributed by atoms with van der Waals surface area (Å²) in [5, 5.41) is 14.1. The number of benzene rings is 1. The summed E-state index contributed by atoms with van der Waals surface area (Å²) in [7, 11) is 0. The number of hydrogen-bond donors (Lipinski definition) is 1. The van der Waals surface area contributed by atoms with Crippen molar-refractivity contribution in [3.63, 3.8) is 0 Å². The zero-order valence-corrected chi connectivity index (χ0v) is 14.8. The molecule has 1 unspecified atom stereocenters. The van der Waals surface area contributed by atoms with E-state index in [0.29, 0.717) is 6.04 Å². The minimum Gasteiger partial charge on any atom is -0.308 e. The van der Waals surface area contributed by atoms with Crippen LogP contribution in [-0.4, -0.2) is 16.7 Å². The summed E-state index contributed by atoms with van der Waals surface area (Å²) >= 11 is 8.65. The van der Waals surface area contributed by atoms with Crippen LogP contribution in [0.25, 0.3) is 10.6 Å². The molecule has 0 radical (unpaired) electrons. The first kappa shape index (κ1) is 15.1. The van der Waals surface area contributed by atoms with Crippen molar-refractivity contribution in [1.29, 1.82) is 0 Å². The molecule has 0 saturated carbocycles. The average molecular weight is 405 g/mol. The normalized spacial score (nSPS) is 12.6. The third-order valence-electron chi connectivity index (χ3n) is 2.71. The zero-order chi connectivity index (χ0) is 13.8. The Morgan fingerprint density at radius 3 is 2.42 bits per heavy atom.